The van der Waals surface area contributed by atoms with Gasteiger partial charge in [-0.25, -0.2) is 0 Å². The molecule has 0 aliphatic carbocycles. The van der Waals surface area contributed by atoms with E-state index in [0.29, 0.717) is 45.4 Å². The van der Waals surface area contributed by atoms with Crippen molar-refractivity contribution in [1.82, 2.24) is 20.1 Å². The van der Waals surface area contributed by atoms with Crippen molar-refractivity contribution >= 4 is 17.7 Å². The van der Waals surface area contributed by atoms with Gasteiger partial charge in [0.15, 0.2) is 0 Å². The number of likely N-dealkylation sites (tertiary alicyclic amines) is 1. The molecule has 0 spiro atoms. The van der Waals surface area contributed by atoms with E-state index in [1.165, 1.54) is 0 Å². The van der Waals surface area contributed by atoms with Crippen molar-refractivity contribution in [2.75, 3.05) is 32.7 Å². The summed E-state index contributed by atoms with van der Waals surface area (Å²) >= 11 is 0. The number of nitrogens with zero attached hydrogens (tertiary/aromatic N) is 3. The monoisotopic (exact) mass is 346 g/mol. The number of aromatic nitrogens is 1. The Hall–Kier alpha value is -2.44. The van der Waals surface area contributed by atoms with Crippen LogP contribution < -0.4 is 5.32 Å². The van der Waals surface area contributed by atoms with Crippen LogP contribution in [0.4, 0.5) is 0 Å². The number of pyridine rings is 1. The maximum absolute atomic E-state index is 12.2. The summed E-state index contributed by atoms with van der Waals surface area (Å²) in [5, 5.41) is 2.66. The molecule has 1 aromatic heterocycles. The SMILES string of the molecule is CCN(CCc1ccncc1)C(=O)C(=O)NCCCN1CCCC1=O. The van der Waals surface area contributed by atoms with E-state index in [2.05, 4.69) is 10.3 Å². The first-order valence-corrected chi connectivity index (χ1v) is 8.85. The second-order valence-corrected chi connectivity index (χ2v) is 6.08. The van der Waals surface area contributed by atoms with Crippen LogP contribution in [-0.2, 0) is 20.8 Å². The maximum atomic E-state index is 12.2. The molecule has 0 atom stereocenters. The van der Waals surface area contributed by atoms with Crippen molar-refractivity contribution in [2.24, 2.45) is 0 Å². The van der Waals surface area contributed by atoms with Crippen LogP contribution in [0.2, 0.25) is 0 Å². The summed E-state index contributed by atoms with van der Waals surface area (Å²) in [4.78, 5) is 43.1. The molecule has 1 N–H and O–H groups in total. The molecule has 136 valence electrons. The van der Waals surface area contributed by atoms with Gasteiger partial charge in [0, 0.05) is 51.5 Å². The van der Waals surface area contributed by atoms with Gasteiger partial charge in [0.1, 0.15) is 0 Å². The standard InChI is InChI=1S/C18H26N4O3/c1-2-21(14-8-15-6-10-19-11-7-15)18(25)17(24)20-9-4-13-22-12-3-5-16(22)23/h6-7,10-11H,2-5,8-9,12-14H2,1H3,(H,20,24). The molecular formula is C18H26N4O3. The van der Waals surface area contributed by atoms with Crippen LogP contribution in [0.25, 0.3) is 0 Å². The Morgan fingerprint density at radius 3 is 2.72 bits per heavy atom. The number of amides is 3. The molecule has 0 bridgehead atoms. The zero-order valence-electron chi connectivity index (χ0n) is 14.7. The van der Waals surface area contributed by atoms with E-state index in [-0.39, 0.29) is 5.91 Å². The first-order valence-electron chi connectivity index (χ1n) is 8.85. The van der Waals surface area contributed by atoms with E-state index in [4.69, 9.17) is 0 Å². The summed E-state index contributed by atoms with van der Waals surface area (Å²) in [7, 11) is 0. The van der Waals surface area contributed by atoms with Crippen molar-refractivity contribution in [3.05, 3.63) is 30.1 Å². The van der Waals surface area contributed by atoms with Crippen LogP contribution in [0.1, 0.15) is 31.7 Å². The summed E-state index contributed by atoms with van der Waals surface area (Å²) in [6.07, 6.45) is 6.30. The van der Waals surface area contributed by atoms with Crippen molar-refractivity contribution in [3.63, 3.8) is 0 Å². The zero-order chi connectivity index (χ0) is 18.1. The molecule has 0 aromatic carbocycles. The fraction of sp³-hybridized carbons (Fsp3) is 0.556. The van der Waals surface area contributed by atoms with Gasteiger partial charge in [-0.05, 0) is 43.9 Å². The van der Waals surface area contributed by atoms with Gasteiger partial charge in [0.05, 0.1) is 0 Å². The second-order valence-electron chi connectivity index (χ2n) is 6.08. The highest BCUT2D eigenvalue weighted by molar-refractivity contribution is 6.35. The molecule has 3 amide bonds. The Balaban J connectivity index is 1.69. The number of hydrogen-bond donors (Lipinski definition) is 1. The van der Waals surface area contributed by atoms with Gasteiger partial charge in [-0.3, -0.25) is 19.4 Å². The lowest BCUT2D eigenvalue weighted by atomic mass is 10.2. The van der Waals surface area contributed by atoms with Gasteiger partial charge in [-0.2, -0.15) is 0 Å². The van der Waals surface area contributed by atoms with Crippen LogP contribution >= 0.6 is 0 Å². The minimum absolute atomic E-state index is 0.177. The molecule has 1 aliphatic rings. The minimum atomic E-state index is -0.579. The summed E-state index contributed by atoms with van der Waals surface area (Å²) in [6, 6.07) is 3.80. The average molecular weight is 346 g/mol. The molecule has 25 heavy (non-hydrogen) atoms. The Morgan fingerprint density at radius 2 is 2.08 bits per heavy atom. The third-order valence-corrected chi connectivity index (χ3v) is 4.34. The zero-order valence-corrected chi connectivity index (χ0v) is 14.7. The first kappa shape index (κ1) is 18.9. The molecule has 0 saturated carbocycles. The summed E-state index contributed by atoms with van der Waals surface area (Å²) < 4.78 is 0. The van der Waals surface area contributed by atoms with Gasteiger partial charge in [0.2, 0.25) is 5.91 Å². The minimum Gasteiger partial charge on any atom is -0.348 e. The van der Waals surface area contributed by atoms with Gasteiger partial charge in [-0.15, -0.1) is 0 Å². The lowest BCUT2D eigenvalue weighted by Crippen LogP contribution is -2.44. The van der Waals surface area contributed by atoms with E-state index in [1.54, 1.807) is 22.2 Å². The molecule has 1 aliphatic heterocycles. The molecule has 0 unspecified atom stereocenters. The highest BCUT2D eigenvalue weighted by atomic mass is 16.2. The topological polar surface area (TPSA) is 82.6 Å². The fourth-order valence-electron chi connectivity index (χ4n) is 2.85. The summed E-state index contributed by atoms with van der Waals surface area (Å²) in [6.45, 7) is 4.67. The van der Waals surface area contributed by atoms with E-state index in [1.807, 2.05) is 19.1 Å². The highest BCUT2D eigenvalue weighted by Crippen LogP contribution is 2.09. The van der Waals surface area contributed by atoms with Crippen molar-refractivity contribution < 1.29 is 14.4 Å². The van der Waals surface area contributed by atoms with E-state index in [0.717, 1.165) is 18.5 Å². The molecule has 7 heteroatoms. The summed E-state index contributed by atoms with van der Waals surface area (Å²) in [5.41, 5.74) is 1.08. The van der Waals surface area contributed by atoms with Crippen LogP contribution in [0.3, 0.4) is 0 Å². The Kier molecular flexibility index (Phi) is 7.37. The Morgan fingerprint density at radius 1 is 1.32 bits per heavy atom. The summed E-state index contributed by atoms with van der Waals surface area (Å²) in [5.74, 6) is -0.909. The smallest absolute Gasteiger partial charge is 0.311 e. The first-order chi connectivity index (χ1) is 12.1. The quantitative estimate of drug-likeness (QED) is 0.552. The van der Waals surface area contributed by atoms with E-state index >= 15 is 0 Å². The van der Waals surface area contributed by atoms with E-state index < -0.39 is 11.8 Å². The van der Waals surface area contributed by atoms with Crippen molar-refractivity contribution in [1.29, 1.82) is 0 Å². The van der Waals surface area contributed by atoms with E-state index in [9.17, 15) is 14.4 Å². The molecular weight excluding hydrogens is 320 g/mol. The maximum Gasteiger partial charge on any atom is 0.311 e. The Bertz CT molecular complexity index is 591. The van der Waals surface area contributed by atoms with Crippen molar-refractivity contribution in [2.45, 2.75) is 32.6 Å². The third kappa shape index (κ3) is 5.85. The highest BCUT2D eigenvalue weighted by Gasteiger charge is 2.21. The second kappa shape index (κ2) is 9.76. The third-order valence-electron chi connectivity index (χ3n) is 4.34. The van der Waals surface area contributed by atoms with Gasteiger partial charge >= 0.3 is 11.8 Å². The van der Waals surface area contributed by atoms with Crippen LogP contribution in [0.5, 0.6) is 0 Å². The number of carbonyl (C=O) groups is 3. The predicted octanol–water partition coefficient (Wildman–Crippen LogP) is 0.601. The molecule has 1 saturated heterocycles. The van der Waals surface area contributed by atoms with Crippen LogP contribution in [0.15, 0.2) is 24.5 Å². The number of hydrogen-bond acceptors (Lipinski definition) is 4. The lowest BCUT2D eigenvalue weighted by Gasteiger charge is -2.20. The number of carbonyl (C=O) groups excluding carboxylic acids is 3. The molecule has 1 fully saturated rings. The van der Waals surface area contributed by atoms with Gasteiger partial charge in [0.25, 0.3) is 0 Å². The Labute approximate surface area is 148 Å². The molecule has 2 heterocycles. The normalized spacial score (nSPS) is 13.8. The van der Waals surface area contributed by atoms with Crippen molar-refractivity contribution in [3.8, 4) is 0 Å². The number of nitrogens with one attached hydrogen (secondary N) is 1. The van der Waals surface area contributed by atoms with Crippen LogP contribution in [0, 0.1) is 0 Å². The molecule has 0 radical (unpaired) electrons. The fourth-order valence-corrected chi connectivity index (χ4v) is 2.85. The number of rotatable bonds is 8. The van der Waals surface area contributed by atoms with Gasteiger partial charge in [-0.1, -0.05) is 0 Å². The predicted molar refractivity (Wildman–Crippen MR) is 93.6 cm³/mol. The largest absolute Gasteiger partial charge is 0.348 e. The number of likely N-dealkylation sites (N-methyl/N-ethyl adjacent to an activating group) is 1. The average Bonchev–Trinajstić information content (AvgIpc) is 3.04. The van der Waals surface area contributed by atoms with Gasteiger partial charge < -0.3 is 15.1 Å². The van der Waals surface area contributed by atoms with Crippen LogP contribution in [-0.4, -0.2) is 65.2 Å². The molecule has 1 aromatic rings. The molecule has 7 nitrogen and oxygen atoms in total. The molecule has 2 rings (SSSR count). The lowest BCUT2D eigenvalue weighted by molar-refractivity contribution is -0.145.